The van der Waals surface area contributed by atoms with Crippen LogP contribution in [-0.4, -0.2) is 16.2 Å². The molecule has 0 saturated heterocycles. The molecule has 1 aromatic rings. The molecule has 0 spiro atoms. The van der Waals surface area contributed by atoms with Crippen LogP contribution in [0, 0.1) is 0 Å². The molecule has 2 atom stereocenters. The molecule has 2 nitrogen and oxygen atoms in total. The van der Waals surface area contributed by atoms with Gasteiger partial charge in [0.2, 0.25) is 0 Å². The molecule has 1 aromatic heterocycles. The zero-order chi connectivity index (χ0) is 7.56. The Bertz CT molecular complexity index is 183. The van der Waals surface area contributed by atoms with Crippen LogP contribution in [0.4, 0.5) is 0 Å². The summed E-state index contributed by atoms with van der Waals surface area (Å²) in [5.41, 5.74) is 2.77. The van der Waals surface area contributed by atoms with E-state index in [1.165, 1.54) is 0 Å². The van der Waals surface area contributed by atoms with Gasteiger partial charge in [0.05, 0.1) is 17.3 Å². The van der Waals surface area contributed by atoms with Gasteiger partial charge in [0.1, 0.15) is 0 Å². The van der Waals surface area contributed by atoms with E-state index in [-0.39, 0.29) is 12.0 Å². The van der Waals surface area contributed by atoms with Crippen molar-refractivity contribution < 1.29 is 5.11 Å². The van der Waals surface area contributed by atoms with Crippen LogP contribution in [0.5, 0.6) is 0 Å². The van der Waals surface area contributed by atoms with E-state index in [0.717, 1.165) is 5.69 Å². The largest absolute Gasteiger partial charge is 0.393 e. The summed E-state index contributed by atoms with van der Waals surface area (Å²) in [4.78, 5) is 4.10. The highest BCUT2D eigenvalue weighted by atomic mass is 32.1. The molecule has 2 unspecified atom stereocenters. The molecule has 0 aromatic carbocycles. The van der Waals surface area contributed by atoms with Crippen LogP contribution >= 0.6 is 11.3 Å². The highest BCUT2D eigenvalue weighted by Crippen LogP contribution is 2.17. The number of rotatable bonds is 2. The maximum absolute atomic E-state index is 9.16. The van der Waals surface area contributed by atoms with E-state index in [1.807, 2.05) is 12.3 Å². The smallest absolute Gasteiger partial charge is 0.0794 e. The van der Waals surface area contributed by atoms with Gasteiger partial charge in [0, 0.05) is 11.3 Å². The quantitative estimate of drug-likeness (QED) is 0.707. The van der Waals surface area contributed by atoms with Crippen molar-refractivity contribution in [3.63, 3.8) is 0 Å². The normalized spacial score (nSPS) is 16.7. The maximum atomic E-state index is 9.16. The van der Waals surface area contributed by atoms with E-state index in [4.69, 9.17) is 5.11 Å². The first-order valence-corrected chi connectivity index (χ1v) is 4.22. The van der Waals surface area contributed by atoms with Crippen LogP contribution in [0.25, 0.3) is 0 Å². The summed E-state index contributed by atoms with van der Waals surface area (Å²) >= 11 is 1.56. The highest BCUT2D eigenvalue weighted by molar-refractivity contribution is 7.07. The molecular weight excluding hydrogens is 146 g/mol. The predicted molar refractivity (Wildman–Crippen MR) is 42.2 cm³/mol. The zero-order valence-corrected chi connectivity index (χ0v) is 6.93. The van der Waals surface area contributed by atoms with E-state index in [2.05, 4.69) is 4.98 Å². The molecule has 0 aliphatic carbocycles. The first kappa shape index (κ1) is 7.69. The lowest BCUT2D eigenvalue weighted by molar-refractivity contribution is 0.167. The molecule has 0 amide bonds. The summed E-state index contributed by atoms with van der Waals surface area (Å²) in [5.74, 6) is 0.159. The maximum Gasteiger partial charge on any atom is 0.0794 e. The first-order chi connectivity index (χ1) is 4.72. The van der Waals surface area contributed by atoms with E-state index < -0.39 is 0 Å². The third kappa shape index (κ3) is 1.55. The number of hydrogen-bond donors (Lipinski definition) is 1. The van der Waals surface area contributed by atoms with Crippen LogP contribution in [0.3, 0.4) is 0 Å². The molecule has 0 bridgehead atoms. The van der Waals surface area contributed by atoms with Crippen LogP contribution in [-0.2, 0) is 0 Å². The fourth-order valence-corrected chi connectivity index (χ4v) is 1.35. The van der Waals surface area contributed by atoms with Crippen molar-refractivity contribution in [2.24, 2.45) is 0 Å². The number of aromatic nitrogens is 1. The van der Waals surface area contributed by atoms with Crippen LogP contribution in [0.1, 0.15) is 25.5 Å². The van der Waals surface area contributed by atoms with Gasteiger partial charge >= 0.3 is 0 Å². The Morgan fingerprint density at radius 3 is 2.70 bits per heavy atom. The van der Waals surface area contributed by atoms with Gasteiger partial charge < -0.3 is 5.11 Å². The van der Waals surface area contributed by atoms with Gasteiger partial charge in [0.15, 0.2) is 0 Å². The van der Waals surface area contributed by atoms with E-state index in [1.54, 1.807) is 23.8 Å². The minimum atomic E-state index is -0.304. The topological polar surface area (TPSA) is 33.1 Å². The molecule has 1 rings (SSSR count). The lowest BCUT2D eigenvalue weighted by Gasteiger charge is -2.10. The summed E-state index contributed by atoms with van der Waals surface area (Å²) in [6, 6.07) is 0. The molecule has 0 fully saturated rings. The predicted octanol–water partition coefficient (Wildman–Crippen LogP) is 1.63. The van der Waals surface area contributed by atoms with E-state index in [0.29, 0.717) is 0 Å². The third-order valence-corrected chi connectivity index (χ3v) is 2.25. The average Bonchev–Trinajstić information content (AvgIpc) is 2.36. The number of aliphatic hydroxyl groups excluding tert-OH is 1. The van der Waals surface area contributed by atoms with Crippen molar-refractivity contribution in [1.29, 1.82) is 0 Å². The van der Waals surface area contributed by atoms with Crippen LogP contribution in [0.2, 0.25) is 0 Å². The van der Waals surface area contributed by atoms with Crippen molar-refractivity contribution in [3.8, 4) is 0 Å². The summed E-state index contributed by atoms with van der Waals surface area (Å²) in [5, 5.41) is 11.1. The zero-order valence-electron chi connectivity index (χ0n) is 6.11. The van der Waals surface area contributed by atoms with Gasteiger partial charge in [-0.3, -0.25) is 0 Å². The number of nitrogens with zero attached hydrogens (tertiary/aromatic N) is 1. The standard InChI is InChI=1S/C7H11NOS/c1-5(6(2)9)7-3-10-4-8-7/h3-6,9H,1-2H3. The molecule has 0 aliphatic rings. The first-order valence-electron chi connectivity index (χ1n) is 3.28. The molecule has 0 radical (unpaired) electrons. The minimum absolute atomic E-state index is 0.159. The van der Waals surface area contributed by atoms with Gasteiger partial charge in [-0.15, -0.1) is 11.3 Å². The molecule has 3 heteroatoms. The molecule has 0 aliphatic heterocycles. The Hall–Kier alpha value is -0.410. The Kier molecular flexibility index (Phi) is 2.40. The third-order valence-electron chi connectivity index (χ3n) is 1.64. The van der Waals surface area contributed by atoms with Crippen molar-refractivity contribution in [1.82, 2.24) is 4.98 Å². The molecular formula is C7H11NOS. The molecule has 1 heterocycles. The Morgan fingerprint density at radius 1 is 1.60 bits per heavy atom. The van der Waals surface area contributed by atoms with Crippen LogP contribution < -0.4 is 0 Å². The molecule has 0 saturated carbocycles. The number of hydrogen-bond acceptors (Lipinski definition) is 3. The second-order valence-electron chi connectivity index (χ2n) is 2.44. The second kappa shape index (κ2) is 3.12. The summed E-state index contributed by atoms with van der Waals surface area (Å²) in [6.45, 7) is 3.75. The minimum Gasteiger partial charge on any atom is -0.393 e. The Morgan fingerprint density at radius 2 is 2.30 bits per heavy atom. The lowest BCUT2D eigenvalue weighted by Crippen LogP contribution is -2.10. The van der Waals surface area contributed by atoms with E-state index in [9.17, 15) is 0 Å². The SMILES string of the molecule is CC(O)C(C)c1cscn1. The second-order valence-corrected chi connectivity index (χ2v) is 3.16. The van der Waals surface area contributed by atoms with Crippen molar-refractivity contribution in [3.05, 3.63) is 16.6 Å². The fraction of sp³-hybridized carbons (Fsp3) is 0.571. The highest BCUT2D eigenvalue weighted by Gasteiger charge is 2.12. The Balaban J connectivity index is 2.68. The van der Waals surface area contributed by atoms with E-state index >= 15 is 0 Å². The summed E-state index contributed by atoms with van der Waals surface area (Å²) in [7, 11) is 0. The van der Waals surface area contributed by atoms with Gasteiger partial charge in [-0.1, -0.05) is 6.92 Å². The fourth-order valence-electron chi connectivity index (χ4n) is 0.694. The van der Waals surface area contributed by atoms with Crippen molar-refractivity contribution in [2.75, 3.05) is 0 Å². The monoisotopic (exact) mass is 157 g/mol. The van der Waals surface area contributed by atoms with Gasteiger partial charge in [-0.25, -0.2) is 4.98 Å². The molecule has 10 heavy (non-hydrogen) atoms. The molecule has 56 valence electrons. The van der Waals surface area contributed by atoms with Crippen molar-refractivity contribution in [2.45, 2.75) is 25.9 Å². The Labute approximate surface area is 64.5 Å². The van der Waals surface area contributed by atoms with Gasteiger partial charge in [-0.05, 0) is 6.92 Å². The summed E-state index contributed by atoms with van der Waals surface area (Å²) in [6.07, 6.45) is -0.304. The lowest BCUT2D eigenvalue weighted by atomic mass is 10.0. The number of thiazole rings is 1. The molecule has 1 N–H and O–H groups in total. The summed E-state index contributed by atoms with van der Waals surface area (Å²) < 4.78 is 0. The number of aliphatic hydroxyl groups is 1. The van der Waals surface area contributed by atoms with Crippen molar-refractivity contribution >= 4 is 11.3 Å². The van der Waals surface area contributed by atoms with Crippen LogP contribution in [0.15, 0.2) is 10.9 Å². The van der Waals surface area contributed by atoms with Gasteiger partial charge in [0.25, 0.3) is 0 Å². The average molecular weight is 157 g/mol. The van der Waals surface area contributed by atoms with Gasteiger partial charge in [-0.2, -0.15) is 0 Å².